The molecule has 27 heavy (non-hydrogen) atoms. The molecule has 145 valence electrons. The number of cyclic esters (lactones) is 1. The quantitative estimate of drug-likeness (QED) is 0.725. The van der Waals surface area contributed by atoms with Gasteiger partial charge in [0.1, 0.15) is 12.4 Å². The van der Waals surface area contributed by atoms with Gasteiger partial charge in [0.25, 0.3) is 0 Å². The first-order chi connectivity index (χ1) is 12.9. The van der Waals surface area contributed by atoms with Gasteiger partial charge in [-0.05, 0) is 18.2 Å². The van der Waals surface area contributed by atoms with Crippen LogP contribution in [0.1, 0.15) is 0 Å². The van der Waals surface area contributed by atoms with E-state index in [0.29, 0.717) is 18.8 Å². The van der Waals surface area contributed by atoms with E-state index in [-0.39, 0.29) is 24.9 Å². The summed E-state index contributed by atoms with van der Waals surface area (Å²) in [5.41, 5.74) is 5.66. The van der Waals surface area contributed by atoms with Gasteiger partial charge in [-0.25, -0.2) is 9.18 Å². The molecule has 0 aliphatic carbocycles. The minimum absolute atomic E-state index is 0.0293. The number of nitrogens with zero attached hydrogens (tertiary/aromatic N) is 2. The molecule has 1 radical (unpaired) electrons. The molecule has 2 saturated heterocycles. The summed E-state index contributed by atoms with van der Waals surface area (Å²) >= 11 is 0. The number of nitrogens with two attached hydrogens (primary N) is 1. The first kappa shape index (κ1) is 19.1. The fourth-order valence-corrected chi connectivity index (χ4v) is 3.10. The maximum absolute atomic E-state index is 14.3. The third kappa shape index (κ3) is 4.17. The number of nitrogens with one attached hydrogen (secondary N) is 1. The molecule has 2 atom stereocenters. The average molecular weight is 379 g/mol. The van der Waals surface area contributed by atoms with E-state index in [1.54, 1.807) is 11.3 Å². The standard InChI is InChI=1S/C17H20FN4O5/c1-26-11-7-14(16(19)24)21(8-11)9-15(23)20-13-3-2-10(6-12(13)18)22-4-5-27-17(22)25/h2-3,6-7,11,14H,4-5,8-9H2,1H3,(H2,19,24)(H,20,23)/t11-,14?/m0/s1. The second-order valence-electron chi connectivity index (χ2n) is 6.22. The Balaban J connectivity index is 1.64. The van der Waals surface area contributed by atoms with Crippen LogP contribution in [-0.2, 0) is 19.1 Å². The lowest BCUT2D eigenvalue weighted by Crippen LogP contribution is -2.44. The topological polar surface area (TPSA) is 114 Å². The Bertz CT molecular complexity index is 759. The molecule has 3 rings (SSSR count). The van der Waals surface area contributed by atoms with Gasteiger partial charge in [0.2, 0.25) is 11.8 Å². The summed E-state index contributed by atoms with van der Waals surface area (Å²) < 4.78 is 24.3. The first-order valence-corrected chi connectivity index (χ1v) is 8.34. The van der Waals surface area contributed by atoms with Crippen molar-refractivity contribution >= 4 is 29.3 Å². The Morgan fingerprint density at radius 2 is 2.22 bits per heavy atom. The molecule has 0 spiro atoms. The molecule has 3 amide bonds. The SMILES string of the molecule is CO[C@H]1[CH]C(C(N)=O)N(CC(=O)Nc2ccc(N3CCOC3=O)cc2F)C1. The lowest BCUT2D eigenvalue weighted by Gasteiger charge is -2.21. The highest BCUT2D eigenvalue weighted by molar-refractivity contribution is 5.94. The van der Waals surface area contributed by atoms with Crippen LogP contribution in [0, 0.1) is 12.2 Å². The Morgan fingerprint density at radius 1 is 1.44 bits per heavy atom. The van der Waals surface area contributed by atoms with Crippen LogP contribution in [0.5, 0.6) is 0 Å². The van der Waals surface area contributed by atoms with Crippen molar-refractivity contribution in [3.63, 3.8) is 0 Å². The number of primary amides is 1. The summed E-state index contributed by atoms with van der Waals surface area (Å²) in [5, 5.41) is 2.46. The van der Waals surface area contributed by atoms with Gasteiger partial charge in [0.15, 0.2) is 0 Å². The summed E-state index contributed by atoms with van der Waals surface area (Å²) in [7, 11) is 1.50. The molecule has 1 aromatic carbocycles. The second-order valence-corrected chi connectivity index (χ2v) is 6.22. The van der Waals surface area contributed by atoms with Gasteiger partial charge in [0, 0.05) is 20.1 Å². The fraction of sp³-hybridized carbons (Fsp3) is 0.412. The molecule has 1 unspecified atom stereocenters. The minimum Gasteiger partial charge on any atom is -0.447 e. The van der Waals surface area contributed by atoms with Crippen LogP contribution in [0.25, 0.3) is 0 Å². The predicted octanol–water partition coefficient (Wildman–Crippen LogP) is 0.110. The van der Waals surface area contributed by atoms with Crippen LogP contribution >= 0.6 is 0 Å². The van der Waals surface area contributed by atoms with Crippen LogP contribution in [0.4, 0.5) is 20.6 Å². The molecule has 2 aliphatic heterocycles. The molecule has 2 heterocycles. The number of rotatable bonds is 6. The highest BCUT2D eigenvalue weighted by atomic mass is 19.1. The molecule has 0 aromatic heterocycles. The largest absolute Gasteiger partial charge is 0.447 e. The number of amides is 3. The van der Waals surface area contributed by atoms with Crippen molar-refractivity contribution in [1.29, 1.82) is 0 Å². The highest BCUT2D eigenvalue weighted by Crippen LogP contribution is 2.25. The van der Waals surface area contributed by atoms with E-state index in [9.17, 15) is 18.8 Å². The number of likely N-dealkylation sites (tertiary alicyclic amines) is 1. The zero-order valence-corrected chi connectivity index (χ0v) is 14.7. The normalized spacial score (nSPS) is 22.7. The van der Waals surface area contributed by atoms with E-state index >= 15 is 0 Å². The second kappa shape index (κ2) is 7.89. The van der Waals surface area contributed by atoms with E-state index in [4.69, 9.17) is 15.2 Å². The summed E-state index contributed by atoms with van der Waals surface area (Å²) in [5.74, 6) is -1.77. The van der Waals surface area contributed by atoms with Gasteiger partial charge in [-0.1, -0.05) is 0 Å². The molecule has 1 aromatic rings. The van der Waals surface area contributed by atoms with Gasteiger partial charge < -0.3 is 20.5 Å². The lowest BCUT2D eigenvalue weighted by atomic mass is 10.2. The van der Waals surface area contributed by atoms with Crippen LogP contribution in [0.2, 0.25) is 0 Å². The van der Waals surface area contributed by atoms with Gasteiger partial charge in [-0.2, -0.15) is 0 Å². The molecule has 9 nitrogen and oxygen atoms in total. The Morgan fingerprint density at radius 3 is 2.81 bits per heavy atom. The number of ether oxygens (including phenoxy) is 2. The highest BCUT2D eigenvalue weighted by Gasteiger charge is 2.37. The van der Waals surface area contributed by atoms with Crippen molar-refractivity contribution in [2.45, 2.75) is 12.1 Å². The molecule has 2 fully saturated rings. The average Bonchev–Trinajstić information content (AvgIpc) is 3.22. The number of carbonyl (C=O) groups excluding carboxylic acids is 3. The maximum Gasteiger partial charge on any atom is 0.414 e. The summed E-state index contributed by atoms with van der Waals surface area (Å²) in [6, 6.07) is 3.31. The van der Waals surface area contributed by atoms with Gasteiger partial charge >= 0.3 is 6.09 Å². The minimum atomic E-state index is -0.728. The Kier molecular flexibility index (Phi) is 5.57. The number of anilines is 2. The van der Waals surface area contributed by atoms with E-state index in [1.807, 2.05) is 0 Å². The number of hydrogen-bond donors (Lipinski definition) is 2. The fourth-order valence-electron chi connectivity index (χ4n) is 3.10. The van der Waals surface area contributed by atoms with Crippen molar-refractivity contribution in [3.8, 4) is 0 Å². The number of benzene rings is 1. The third-order valence-corrected chi connectivity index (χ3v) is 4.44. The Hall–Kier alpha value is -2.72. The summed E-state index contributed by atoms with van der Waals surface area (Å²) in [4.78, 5) is 38.2. The van der Waals surface area contributed by atoms with Gasteiger partial charge in [-0.3, -0.25) is 19.4 Å². The van der Waals surface area contributed by atoms with Crippen molar-refractivity contribution in [1.82, 2.24) is 4.90 Å². The number of hydrogen-bond acceptors (Lipinski definition) is 6. The zero-order valence-electron chi connectivity index (χ0n) is 14.7. The van der Waals surface area contributed by atoms with E-state index in [0.717, 1.165) is 6.07 Å². The molecule has 10 heteroatoms. The van der Waals surface area contributed by atoms with Crippen LogP contribution in [0.3, 0.4) is 0 Å². The van der Waals surface area contributed by atoms with Crippen molar-refractivity contribution < 1.29 is 28.2 Å². The van der Waals surface area contributed by atoms with Crippen LogP contribution < -0.4 is 16.0 Å². The molecule has 0 bridgehead atoms. The van der Waals surface area contributed by atoms with Crippen molar-refractivity contribution in [3.05, 3.63) is 30.4 Å². The lowest BCUT2D eigenvalue weighted by molar-refractivity contribution is -0.123. The monoisotopic (exact) mass is 379 g/mol. The first-order valence-electron chi connectivity index (χ1n) is 8.34. The number of halogens is 1. The molecular formula is C17H20FN4O5. The number of carbonyl (C=O) groups is 3. The smallest absolute Gasteiger partial charge is 0.414 e. The van der Waals surface area contributed by atoms with E-state index in [1.165, 1.54) is 24.1 Å². The summed E-state index contributed by atoms with van der Waals surface area (Å²) in [6.45, 7) is 0.763. The van der Waals surface area contributed by atoms with Gasteiger partial charge in [-0.15, -0.1) is 0 Å². The zero-order chi connectivity index (χ0) is 19.6. The van der Waals surface area contributed by atoms with Crippen LogP contribution in [-0.4, -0.2) is 68.3 Å². The predicted molar refractivity (Wildman–Crippen MR) is 93.4 cm³/mol. The van der Waals surface area contributed by atoms with Crippen molar-refractivity contribution in [2.24, 2.45) is 5.73 Å². The molecule has 0 saturated carbocycles. The number of methoxy groups -OCH3 is 1. The third-order valence-electron chi connectivity index (χ3n) is 4.44. The van der Waals surface area contributed by atoms with E-state index in [2.05, 4.69) is 5.32 Å². The Labute approximate surface area is 155 Å². The van der Waals surface area contributed by atoms with Gasteiger partial charge in [0.05, 0.1) is 36.6 Å². The summed E-state index contributed by atoms with van der Waals surface area (Å²) in [6.07, 6.45) is 0.772. The van der Waals surface area contributed by atoms with E-state index < -0.39 is 29.8 Å². The molecule has 3 N–H and O–H groups in total. The molecular weight excluding hydrogens is 359 g/mol. The van der Waals surface area contributed by atoms with Crippen LogP contribution in [0.15, 0.2) is 18.2 Å². The van der Waals surface area contributed by atoms with Crippen molar-refractivity contribution in [2.75, 3.05) is 43.6 Å². The molecule has 2 aliphatic rings. The maximum atomic E-state index is 14.3.